The summed E-state index contributed by atoms with van der Waals surface area (Å²) in [6.45, 7) is 4.46. The van der Waals surface area contributed by atoms with Gasteiger partial charge in [0.25, 0.3) is 5.91 Å². The molecule has 0 bridgehead atoms. The van der Waals surface area contributed by atoms with Crippen LogP contribution in [0.1, 0.15) is 16.2 Å². The first-order valence-electron chi connectivity index (χ1n) is 9.91. The number of hydrogen-bond donors (Lipinski definition) is 0. The Morgan fingerprint density at radius 1 is 0.968 bits per heavy atom. The third kappa shape index (κ3) is 3.84. The summed E-state index contributed by atoms with van der Waals surface area (Å²) in [5, 5.41) is 15.4. The molecule has 11 heteroatoms. The molecule has 156 valence electrons. The maximum atomic E-state index is 13.0. The van der Waals surface area contributed by atoms with Crippen molar-refractivity contribution in [2.24, 2.45) is 0 Å². The normalized spacial score (nSPS) is 14.1. The van der Waals surface area contributed by atoms with Gasteiger partial charge >= 0.3 is 0 Å². The zero-order valence-electron chi connectivity index (χ0n) is 16.9. The molecule has 0 unspecified atom stereocenters. The molecule has 0 aliphatic carbocycles. The number of benzene rings is 1. The van der Waals surface area contributed by atoms with Crippen LogP contribution in [0.4, 0.5) is 5.82 Å². The van der Waals surface area contributed by atoms with Crippen LogP contribution < -0.4 is 4.90 Å². The number of amides is 1. The van der Waals surface area contributed by atoms with Gasteiger partial charge in [0.1, 0.15) is 18.0 Å². The minimum atomic E-state index is -0.00864. The van der Waals surface area contributed by atoms with E-state index in [2.05, 4.69) is 35.5 Å². The van der Waals surface area contributed by atoms with Crippen LogP contribution in [0.5, 0.6) is 0 Å². The molecule has 5 rings (SSSR count). The highest BCUT2D eigenvalue weighted by Crippen LogP contribution is 2.19. The van der Waals surface area contributed by atoms with E-state index in [0.29, 0.717) is 37.6 Å². The average Bonchev–Trinajstić information content (AvgIpc) is 3.53. The zero-order chi connectivity index (χ0) is 21.2. The molecular formula is C20H20N10O. The van der Waals surface area contributed by atoms with E-state index in [-0.39, 0.29) is 5.91 Å². The highest BCUT2D eigenvalue weighted by molar-refractivity contribution is 5.95. The number of aromatic nitrogens is 8. The number of rotatable bonds is 4. The van der Waals surface area contributed by atoms with Gasteiger partial charge in [0.15, 0.2) is 5.82 Å². The molecule has 0 radical (unpaired) electrons. The number of piperazine rings is 1. The van der Waals surface area contributed by atoms with E-state index in [1.165, 1.54) is 11.0 Å². The summed E-state index contributed by atoms with van der Waals surface area (Å²) in [5.74, 6) is 2.24. The van der Waals surface area contributed by atoms with Crippen molar-refractivity contribution < 1.29 is 4.79 Å². The Morgan fingerprint density at radius 3 is 2.55 bits per heavy atom. The smallest absolute Gasteiger partial charge is 0.254 e. The molecule has 0 saturated carbocycles. The van der Waals surface area contributed by atoms with Gasteiger partial charge in [-0.15, -0.1) is 5.10 Å². The Labute approximate surface area is 177 Å². The van der Waals surface area contributed by atoms with Crippen LogP contribution in [0.15, 0.2) is 55.1 Å². The van der Waals surface area contributed by atoms with Crippen LogP contribution in [0, 0.1) is 6.92 Å². The van der Waals surface area contributed by atoms with Crippen LogP contribution in [-0.4, -0.2) is 76.9 Å². The fraction of sp³-hybridized carbons (Fsp3) is 0.250. The molecule has 1 fully saturated rings. The lowest BCUT2D eigenvalue weighted by molar-refractivity contribution is 0.0746. The molecule has 0 spiro atoms. The van der Waals surface area contributed by atoms with Crippen molar-refractivity contribution in [2.45, 2.75) is 6.92 Å². The Bertz CT molecular complexity index is 1180. The molecule has 3 aromatic heterocycles. The molecule has 0 atom stereocenters. The van der Waals surface area contributed by atoms with Crippen LogP contribution in [-0.2, 0) is 0 Å². The first kappa shape index (κ1) is 18.9. The summed E-state index contributed by atoms with van der Waals surface area (Å²) < 4.78 is 3.25. The summed E-state index contributed by atoms with van der Waals surface area (Å²) in [6, 6.07) is 11.1. The van der Waals surface area contributed by atoms with E-state index in [1.807, 2.05) is 48.4 Å². The van der Waals surface area contributed by atoms with Crippen molar-refractivity contribution in [3.63, 3.8) is 0 Å². The van der Waals surface area contributed by atoms with Gasteiger partial charge in [-0.3, -0.25) is 4.79 Å². The molecule has 1 aromatic carbocycles. The maximum Gasteiger partial charge on any atom is 0.254 e. The summed E-state index contributed by atoms with van der Waals surface area (Å²) in [4.78, 5) is 26.1. The highest BCUT2D eigenvalue weighted by atomic mass is 16.2. The van der Waals surface area contributed by atoms with Gasteiger partial charge in [-0.2, -0.15) is 5.10 Å². The largest absolute Gasteiger partial charge is 0.353 e. The lowest BCUT2D eigenvalue weighted by Gasteiger charge is -2.35. The average molecular weight is 416 g/mol. The molecule has 0 N–H and O–H groups in total. The number of tetrazole rings is 1. The van der Waals surface area contributed by atoms with E-state index < -0.39 is 0 Å². The molecule has 31 heavy (non-hydrogen) atoms. The quantitative estimate of drug-likeness (QED) is 0.483. The van der Waals surface area contributed by atoms with E-state index in [1.54, 1.807) is 16.9 Å². The van der Waals surface area contributed by atoms with Gasteiger partial charge in [0.2, 0.25) is 0 Å². The van der Waals surface area contributed by atoms with E-state index in [4.69, 9.17) is 0 Å². The molecule has 1 saturated heterocycles. The summed E-state index contributed by atoms with van der Waals surface area (Å²) in [6.07, 6.45) is 5.07. The Kier molecular flexibility index (Phi) is 4.83. The highest BCUT2D eigenvalue weighted by Gasteiger charge is 2.24. The van der Waals surface area contributed by atoms with Gasteiger partial charge in [-0.1, -0.05) is 6.07 Å². The number of nitrogens with zero attached hydrogens (tertiary/aromatic N) is 10. The number of hydrogen-bond acceptors (Lipinski definition) is 8. The molecule has 11 nitrogen and oxygen atoms in total. The van der Waals surface area contributed by atoms with Crippen molar-refractivity contribution >= 4 is 11.7 Å². The standard InChI is InChI=1S/C20H20N10O/c1-15-23-18(13-19(24-15)29-7-3-6-22-29)27-8-10-28(11-9-27)20(31)16-4-2-5-17(12-16)30-14-21-25-26-30/h2-7,12-14H,8-11H2,1H3. The Balaban J connectivity index is 1.29. The fourth-order valence-corrected chi connectivity index (χ4v) is 3.60. The lowest BCUT2D eigenvalue weighted by atomic mass is 10.1. The number of anilines is 1. The van der Waals surface area contributed by atoms with Crippen LogP contribution >= 0.6 is 0 Å². The summed E-state index contributed by atoms with van der Waals surface area (Å²) in [7, 11) is 0. The van der Waals surface area contributed by atoms with Crippen molar-refractivity contribution in [1.82, 2.24) is 44.9 Å². The SMILES string of the molecule is Cc1nc(N2CCN(C(=O)c3cccc(-n4cnnn4)c3)CC2)cc(-n2cccn2)n1. The van der Waals surface area contributed by atoms with E-state index in [0.717, 1.165) is 17.3 Å². The maximum absolute atomic E-state index is 13.0. The van der Waals surface area contributed by atoms with Gasteiger partial charge in [0.05, 0.1) is 5.69 Å². The van der Waals surface area contributed by atoms with Crippen molar-refractivity contribution in [3.05, 3.63) is 66.5 Å². The number of carbonyl (C=O) groups excluding carboxylic acids is 1. The first-order chi connectivity index (χ1) is 15.2. The monoisotopic (exact) mass is 416 g/mol. The Hall–Kier alpha value is -4.15. The first-order valence-corrected chi connectivity index (χ1v) is 9.91. The molecule has 1 aliphatic heterocycles. The van der Waals surface area contributed by atoms with Crippen molar-refractivity contribution in [2.75, 3.05) is 31.1 Å². The van der Waals surface area contributed by atoms with Gasteiger partial charge in [0, 0.05) is 50.2 Å². The molecule has 1 aliphatic rings. The minimum Gasteiger partial charge on any atom is -0.353 e. The lowest BCUT2D eigenvalue weighted by Crippen LogP contribution is -2.49. The number of aryl methyl sites for hydroxylation is 1. The number of carbonyl (C=O) groups is 1. The zero-order valence-corrected chi connectivity index (χ0v) is 16.9. The Morgan fingerprint density at radius 2 is 1.81 bits per heavy atom. The summed E-state index contributed by atoms with van der Waals surface area (Å²) in [5.41, 5.74) is 1.36. The molecule has 4 aromatic rings. The second kappa shape index (κ2) is 7.94. The van der Waals surface area contributed by atoms with Crippen molar-refractivity contribution in [1.29, 1.82) is 0 Å². The van der Waals surface area contributed by atoms with E-state index in [9.17, 15) is 4.79 Å². The second-order valence-electron chi connectivity index (χ2n) is 7.17. The third-order valence-corrected chi connectivity index (χ3v) is 5.15. The molecule has 4 heterocycles. The predicted octanol–water partition coefficient (Wildman–Crippen LogP) is 0.909. The van der Waals surface area contributed by atoms with Gasteiger partial charge in [-0.05, 0) is 41.6 Å². The summed E-state index contributed by atoms with van der Waals surface area (Å²) >= 11 is 0. The minimum absolute atomic E-state index is 0.00864. The van der Waals surface area contributed by atoms with Crippen LogP contribution in [0.25, 0.3) is 11.5 Å². The van der Waals surface area contributed by atoms with Gasteiger partial charge < -0.3 is 9.80 Å². The topological polar surface area (TPSA) is 111 Å². The molecular weight excluding hydrogens is 396 g/mol. The van der Waals surface area contributed by atoms with Gasteiger partial charge in [-0.25, -0.2) is 19.3 Å². The van der Waals surface area contributed by atoms with Crippen LogP contribution in [0.3, 0.4) is 0 Å². The fourth-order valence-electron chi connectivity index (χ4n) is 3.60. The van der Waals surface area contributed by atoms with Crippen molar-refractivity contribution in [3.8, 4) is 11.5 Å². The van der Waals surface area contributed by atoms with Crippen LogP contribution in [0.2, 0.25) is 0 Å². The second-order valence-corrected chi connectivity index (χ2v) is 7.17. The molecule has 1 amide bonds. The van der Waals surface area contributed by atoms with E-state index >= 15 is 0 Å². The third-order valence-electron chi connectivity index (χ3n) is 5.15. The predicted molar refractivity (Wildman–Crippen MR) is 111 cm³/mol.